The van der Waals surface area contributed by atoms with Gasteiger partial charge in [-0.15, -0.1) is 0 Å². The van der Waals surface area contributed by atoms with Crippen LogP contribution in [0.25, 0.3) is 10.9 Å². The van der Waals surface area contributed by atoms with Crippen LogP contribution >= 0.6 is 0 Å². The van der Waals surface area contributed by atoms with Gasteiger partial charge in [-0.25, -0.2) is 9.18 Å². The van der Waals surface area contributed by atoms with Crippen LogP contribution in [0.4, 0.5) is 4.39 Å². The van der Waals surface area contributed by atoms with E-state index < -0.39 is 30.3 Å². The molecule has 0 saturated carbocycles. The number of rotatable bonds is 6. The summed E-state index contributed by atoms with van der Waals surface area (Å²) in [6, 6.07) is 10.3. The van der Waals surface area contributed by atoms with Crippen molar-refractivity contribution in [1.82, 2.24) is 4.57 Å². The lowest BCUT2D eigenvalue weighted by molar-refractivity contribution is -0.154. The van der Waals surface area contributed by atoms with E-state index in [0.717, 1.165) is 6.07 Å². The van der Waals surface area contributed by atoms with Crippen LogP contribution in [0.3, 0.4) is 0 Å². The molecule has 0 aliphatic rings. The van der Waals surface area contributed by atoms with Crippen molar-refractivity contribution in [2.45, 2.75) is 13.3 Å². The number of carboxylic acid groups (broad SMARTS) is 1. The Labute approximate surface area is 165 Å². The van der Waals surface area contributed by atoms with Crippen molar-refractivity contribution in [3.05, 3.63) is 65.1 Å². The molecule has 0 radical (unpaired) electrons. The van der Waals surface area contributed by atoms with Gasteiger partial charge in [-0.3, -0.25) is 14.2 Å². The Balaban J connectivity index is 2.11. The summed E-state index contributed by atoms with van der Waals surface area (Å²) in [5.41, 5.74) is 1.63. The van der Waals surface area contributed by atoms with E-state index in [9.17, 15) is 18.8 Å². The average Bonchev–Trinajstić information content (AvgIpc) is 2.96. The molecule has 0 unspecified atom stereocenters. The van der Waals surface area contributed by atoms with Crippen LogP contribution in [0.5, 0.6) is 5.75 Å². The molecule has 0 spiro atoms. The molecule has 2 aromatic carbocycles. The van der Waals surface area contributed by atoms with Gasteiger partial charge in [-0.1, -0.05) is 6.07 Å². The highest BCUT2D eigenvalue weighted by Crippen LogP contribution is 2.31. The average molecular weight is 399 g/mol. The van der Waals surface area contributed by atoms with Gasteiger partial charge >= 0.3 is 11.9 Å². The minimum Gasteiger partial charge on any atom is -0.497 e. The Kier molecular flexibility index (Phi) is 5.63. The quantitative estimate of drug-likeness (QED) is 0.641. The van der Waals surface area contributed by atoms with Crippen molar-refractivity contribution in [2.24, 2.45) is 0 Å². The molecular weight excluding hydrogens is 381 g/mol. The molecule has 0 atom stereocenters. The van der Waals surface area contributed by atoms with E-state index in [1.54, 1.807) is 25.1 Å². The van der Waals surface area contributed by atoms with Crippen molar-refractivity contribution in [3.63, 3.8) is 0 Å². The van der Waals surface area contributed by atoms with E-state index in [4.69, 9.17) is 14.6 Å². The first-order valence-corrected chi connectivity index (χ1v) is 8.67. The van der Waals surface area contributed by atoms with Crippen molar-refractivity contribution < 1.29 is 33.4 Å². The first kappa shape index (κ1) is 20.1. The molecule has 1 N–H and O–H groups in total. The third-order valence-corrected chi connectivity index (χ3v) is 4.49. The van der Waals surface area contributed by atoms with E-state index in [1.165, 1.54) is 29.9 Å². The van der Waals surface area contributed by atoms with E-state index >= 15 is 0 Å². The zero-order valence-corrected chi connectivity index (χ0v) is 15.8. The number of benzene rings is 2. The number of hydrogen-bond donors (Lipinski definition) is 1. The second kappa shape index (κ2) is 8.14. The summed E-state index contributed by atoms with van der Waals surface area (Å²) in [4.78, 5) is 35.8. The normalized spacial score (nSPS) is 10.7. The maximum atomic E-state index is 13.6. The fourth-order valence-electron chi connectivity index (χ4n) is 3.16. The fraction of sp³-hybridized carbons (Fsp3) is 0.190. The van der Waals surface area contributed by atoms with Crippen LogP contribution < -0.4 is 4.74 Å². The van der Waals surface area contributed by atoms with Crippen molar-refractivity contribution in [2.75, 3.05) is 13.7 Å². The van der Waals surface area contributed by atoms with Crippen LogP contribution in [-0.4, -0.2) is 41.2 Å². The van der Waals surface area contributed by atoms with Gasteiger partial charge in [0.15, 0.2) is 6.61 Å². The zero-order chi connectivity index (χ0) is 21.1. The summed E-state index contributed by atoms with van der Waals surface area (Å²) in [5.74, 6) is -2.48. The van der Waals surface area contributed by atoms with Crippen LogP contribution in [0.1, 0.15) is 21.6 Å². The third kappa shape index (κ3) is 4.11. The second-order valence-electron chi connectivity index (χ2n) is 6.33. The summed E-state index contributed by atoms with van der Waals surface area (Å²) in [7, 11) is 1.49. The monoisotopic (exact) mass is 399 g/mol. The Hall–Kier alpha value is -3.68. The summed E-state index contributed by atoms with van der Waals surface area (Å²) >= 11 is 0. The number of ether oxygens (including phenoxy) is 2. The van der Waals surface area contributed by atoms with Gasteiger partial charge in [0.2, 0.25) is 0 Å². The lowest BCUT2D eigenvalue weighted by atomic mass is 10.1. The number of hydrogen-bond acceptors (Lipinski definition) is 5. The fourth-order valence-corrected chi connectivity index (χ4v) is 3.16. The Morgan fingerprint density at radius 2 is 1.90 bits per heavy atom. The van der Waals surface area contributed by atoms with Crippen LogP contribution in [-0.2, 0) is 20.7 Å². The first-order chi connectivity index (χ1) is 13.8. The number of fused-ring (bicyclic) bond motifs is 1. The van der Waals surface area contributed by atoms with E-state index in [2.05, 4.69) is 0 Å². The second-order valence-corrected chi connectivity index (χ2v) is 6.33. The number of aromatic nitrogens is 1. The highest BCUT2D eigenvalue weighted by molar-refractivity contribution is 6.05. The highest BCUT2D eigenvalue weighted by Gasteiger charge is 2.23. The number of carbonyl (C=O) groups excluding carboxylic acids is 2. The molecule has 0 aliphatic carbocycles. The third-order valence-electron chi connectivity index (χ3n) is 4.49. The van der Waals surface area contributed by atoms with Crippen LogP contribution in [0.2, 0.25) is 0 Å². The number of esters is 1. The smallest absolute Gasteiger partial charge is 0.341 e. The maximum absolute atomic E-state index is 13.6. The summed E-state index contributed by atoms with van der Waals surface area (Å²) in [6.45, 7) is 0.908. The minimum absolute atomic E-state index is 0.154. The van der Waals surface area contributed by atoms with E-state index in [-0.39, 0.29) is 12.0 Å². The lowest BCUT2D eigenvalue weighted by Gasteiger charge is -2.08. The molecule has 29 heavy (non-hydrogen) atoms. The molecule has 0 aliphatic heterocycles. The number of halogens is 1. The molecule has 0 saturated heterocycles. The standard InChI is InChI=1S/C21H18FNO6/c1-12-16(10-20(26)29-11-19(24)25)17-9-15(28-2)6-7-18(17)23(12)21(27)13-4-3-5-14(22)8-13/h3-9H,10-11H2,1-2H3,(H,24,25). The van der Waals surface area contributed by atoms with Crippen LogP contribution in [0.15, 0.2) is 42.5 Å². The minimum atomic E-state index is -1.26. The predicted molar refractivity (Wildman–Crippen MR) is 102 cm³/mol. The van der Waals surface area contributed by atoms with Crippen LogP contribution in [0, 0.1) is 12.7 Å². The Bertz CT molecular complexity index is 1120. The van der Waals surface area contributed by atoms with Crippen molar-refractivity contribution in [1.29, 1.82) is 0 Å². The van der Waals surface area contributed by atoms with Gasteiger partial charge in [0, 0.05) is 16.6 Å². The molecule has 0 amide bonds. The lowest BCUT2D eigenvalue weighted by Crippen LogP contribution is -2.16. The Morgan fingerprint density at radius 3 is 2.55 bits per heavy atom. The van der Waals surface area contributed by atoms with Gasteiger partial charge < -0.3 is 14.6 Å². The summed E-state index contributed by atoms with van der Waals surface area (Å²) < 4.78 is 24.9. The number of carbonyl (C=O) groups is 3. The molecule has 0 bridgehead atoms. The van der Waals surface area contributed by atoms with Crippen molar-refractivity contribution >= 4 is 28.7 Å². The molecule has 7 nitrogen and oxygen atoms in total. The van der Waals surface area contributed by atoms with E-state index in [0.29, 0.717) is 27.9 Å². The SMILES string of the molecule is COc1ccc2c(c1)c(CC(=O)OCC(=O)O)c(C)n2C(=O)c1cccc(F)c1. The van der Waals surface area contributed by atoms with Gasteiger partial charge in [-0.2, -0.15) is 0 Å². The van der Waals surface area contributed by atoms with Gasteiger partial charge in [-0.05, 0) is 48.9 Å². The van der Waals surface area contributed by atoms with E-state index in [1.807, 2.05) is 0 Å². The molecule has 0 fully saturated rings. The summed E-state index contributed by atoms with van der Waals surface area (Å²) in [6.07, 6.45) is -0.230. The predicted octanol–water partition coefficient (Wildman–Crippen LogP) is 2.96. The molecule has 3 aromatic rings. The maximum Gasteiger partial charge on any atom is 0.341 e. The number of aliphatic carboxylic acids is 1. The molecule has 1 aromatic heterocycles. The number of carboxylic acids is 1. The first-order valence-electron chi connectivity index (χ1n) is 8.67. The Morgan fingerprint density at radius 1 is 1.14 bits per heavy atom. The largest absolute Gasteiger partial charge is 0.497 e. The van der Waals surface area contributed by atoms with Gasteiger partial charge in [0.1, 0.15) is 11.6 Å². The molecule has 8 heteroatoms. The van der Waals surface area contributed by atoms with Gasteiger partial charge in [0.05, 0.1) is 19.0 Å². The molecule has 3 rings (SSSR count). The molecular formula is C21H18FNO6. The highest BCUT2D eigenvalue weighted by atomic mass is 19.1. The topological polar surface area (TPSA) is 94.8 Å². The number of methoxy groups -OCH3 is 1. The molecule has 150 valence electrons. The van der Waals surface area contributed by atoms with Crippen molar-refractivity contribution in [3.8, 4) is 5.75 Å². The van der Waals surface area contributed by atoms with Gasteiger partial charge in [0.25, 0.3) is 5.91 Å². The number of nitrogens with zero attached hydrogens (tertiary/aromatic N) is 1. The zero-order valence-electron chi connectivity index (χ0n) is 15.8. The summed E-state index contributed by atoms with van der Waals surface area (Å²) in [5, 5.41) is 9.26. The molecule has 1 heterocycles.